The molecule has 0 saturated carbocycles. The van der Waals surface area contributed by atoms with Gasteiger partial charge in [0.15, 0.2) is 0 Å². The van der Waals surface area contributed by atoms with Gasteiger partial charge in [-0.25, -0.2) is 4.98 Å². The summed E-state index contributed by atoms with van der Waals surface area (Å²) >= 11 is 0. The number of hydrogen-bond acceptors (Lipinski definition) is 4. The lowest BCUT2D eigenvalue weighted by Gasteiger charge is -2.23. The van der Waals surface area contributed by atoms with E-state index in [4.69, 9.17) is 0 Å². The molecule has 1 aliphatic rings. The van der Waals surface area contributed by atoms with Crippen molar-refractivity contribution in [3.63, 3.8) is 0 Å². The third-order valence-electron chi connectivity index (χ3n) is 3.43. The Labute approximate surface area is 120 Å². The van der Waals surface area contributed by atoms with Crippen LogP contribution in [0, 0.1) is 5.92 Å². The topological polar surface area (TPSA) is 66.0 Å². The summed E-state index contributed by atoms with van der Waals surface area (Å²) in [6.07, 6.45) is 4.07. The maximum atomic E-state index is 12.3. The molecule has 1 aromatic rings. The van der Waals surface area contributed by atoms with Crippen molar-refractivity contribution >= 4 is 11.7 Å². The molecule has 0 aromatic carbocycles. The summed E-state index contributed by atoms with van der Waals surface area (Å²) < 4.78 is 0. The van der Waals surface area contributed by atoms with Crippen LogP contribution in [0.3, 0.4) is 0 Å². The monoisotopic (exact) mass is 276 g/mol. The number of aromatic nitrogens is 1. The van der Waals surface area contributed by atoms with Crippen LogP contribution in [0.4, 0.5) is 5.82 Å². The van der Waals surface area contributed by atoms with E-state index in [2.05, 4.69) is 20.9 Å². The number of piperidine rings is 1. The highest BCUT2D eigenvalue weighted by Gasteiger charge is 2.16. The fourth-order valence-electron chi connectivity index (χ4n) is 2.41. The Balaban J connectivity index is 1.94. The zero-order valence-corrected chi connectivity index (χ0v) is 12.3. The molecule has 1 unspecified atom stereocenters. The van der Waals surface area contributed by atoms with E-state index in [1.54, 1.807) is 12.3 Å². The summed E-state index contributed by atoms with van der Waals surface area (Å²) in [4.78, 5) is 16.5. The van der Waals surface area contributed by atoms with Gasteiger partial charge in [0, 0.05) is 18.8 Å². The van der Waals surface area contributed by atoms with Crippen LogP contribution in [0.2, 0.25) is 0 Å². The largest absolute Gasteiger partial charge is 0.367 e. The second-order valence-corrected chi connectivity index (χ2v) is 5.62. The maximum Gasteiger partial charge on any atom is 0.255 e. The molecule has 0 radical (unpaired) electrons. The molecule has 1 atom stereocenters. The first-order chi connectivity index (χ1) is 9.66. The minimum absolute atomic E-state index is 0.0492. The van der Waals surface area contributed by atoms with Gasteiger partial charge in [0.05, 0.1) is 5.56 Å². The predicted octanol–water partition coefficient (Wildman–Crippen LogP) is 1.63. The fourth-order valence-corrected chi connectivity index (χ4v) is 2.41. The Morgan fingerprint density at radius 2 is 2.40 bits per heavy atom. The summed E-state index contributed by atoms with van der Waals surface area (Å²) in [5, 5.41) is 9.59. The summed E-state index contributed by atoms with van der Waals surface area (Å²) in [6, 6.07) is 3.85. The van der Waals surface area contributed by atoms with E-state index in [9.17, 15) is 4.79 Å². The van der Waals surface area contributed by atoms with Gasteiger partial charge < -0.3 is 16.0 Å². The zero-order chi connectivity index (χ0) is 14.4. The van der Waals surface area contributed by atoms with Crippen molar-refractivity contribution in [3.05, 3.63) is 23.9 Å². The van der Waals surface area contributed by atoms with Crippen molar-refractivity contribution in [1.29, 1.82) is 0 Å². The molecule has 0 spiro atoms. The Bertz CT molecular complexity index is 441. The van der Waals surface area contributed by atoms with Crippen LogP contribution in [0.25, 0.3) is 0 Å². The second kappa shape index (κ2) is 7.24. The molecule has 2 rings (SSSR count). The quantitative estimate of drug-likeness (QED) is 0.765. The van der Waals surface area contributed by atoms with Crippen molar-refractivity contribution in [2.45, 2.75) is 32.7 Å². The number of amides is 1. The summed E-state index contributed by atoms with van der Waals surface area (Å²) in [5.74, 6) is 1.14. The van der Waals surface area contributed by atoms with Crippen molar-refractivity contribution in [2.75, 3.05) is 25.0 Å². The third kappa shape index (κ3) is 4.20. The number of nitrogens with zero attached hydrogens (tertiary/aromatic N) is 1. The highest BCUT2D eigenvalue weighted by molar-refractivity contribution is 5.98. The van der Waals surface area contributed by atoms with E-state index < -0.39 is 0 Å². The predicted molar refractivity (Wildman–Crippen MR) is 80.9 cm³/mol. The Kier molecular flexibility index (Phi) is 5.35. The van der Waals surface area contributed by atoms with Gasteiger partial charge in [-0.15, -0.1) is 0 Å². The van der Waals surface area contributed by atoms with Crippen LogP contribution in [0.5, 0.6) is 0 Å². The van der Waals surface area contributed by atoms with Crippen molar-refractivity contribution in [1.82, 2.24) is 15.6 Å². The number of nitrogens with one attached hydrogen (secondary N) is 3. The number of pyridine rings is 1. The summed E-state index contributed by atoms with van der Waals surface area (Å²) in [6.45, 7) is 6.87. The molecule has 110 valence electrons. The van der Waals surface area contributed by atoms with Gasteiger partial charge in [0.2, 0.25) is 0 Å². The van der Waals surface area contributed by atoms with Gasteiger partial charge in [-0.2, -0.15) is 0 Å². The van der Waals surface area contributed by atoms with Crippen LogP contribution in [0.15, 0.2) is 18.3 Å². The molecular weight excluding hydrogens is 252 g/mol. The molecule has 0 bridgehead atoms. The highest BCUT2D eigenvalue weighted by Crippen LogP contribution is 2.13. The molecule has 20 heavy (non-hydrogen) atoms. The molecule has 3 N–H and O–H groups in total. The standard InChI is InChI=1S/C15H24N4O/c1-11(2)19-14-13(6-4-8-17-14)15(20)18-10-12-5-3-7-16-9-12/h4,6,8,11-12,16H,3,5,7,9-10H2,1-2H3,(H,17,19)(H,18,20). The smallest absolute Gasteiger partial charge is 0.255 e. The lowest BCUT2D eigenvalue weighted by Crippen LogP contribution is -2.38. The first-order valence-electron chi connectivity index (χ1n) is 7.37. The zero-order valence-electron chi connectivity index (χ0n) is 12.3. The van der Waals surface area contributed by atoms with Gasteiger partial charge in [-0.05, 0) is 57.8 Å². The number of hydrogen-bond donors (Lipinski definition) is 3. The number of rotatable bonds is 5. The van der Waals surface area contributed by atoms with E-state index in [0.717, 1.165) is 19.6 Å². The Hall–Kier alpha value is -1.62. The Morgan fingerprint density at radius 3 is 3.10 bits per heavy atom. The number of anilines is 1. The van der Waals surface area contributed by atoms with Crippen molar-refractivity contribution in [3.8, 4) is 0 Å². The summed E-state index contributed by atoms with van der Waals surface area (Å²) in [7, 11) is 0. The minimum atomic E-state index is -0.0492. The second-order valence-electron chi connectivity index (χ2n) is 5.62. The molecule has 1 aliphatic heterocycles. The highest BCUT2D eigenvalue weighted by atomic mass is 16.1. The van der Waals surface area contributed by atoms with E-state index in [1.807, 2.05) is 19.9 Å². The van der Waals surface area contributed by atoms with Gasteiger partial charge in [-0.3, -0.25) is 4.79 Å². The van der Waals surface area contributed by atoms with Crippen LogP contribution >= 0.6 is 0 Å². The third-order valence-corrected chi connectivity index (χ3v) is 3.43. The van der Waals surface area contributed by atoms with Gasteiger partial charge in [0.25, 0.3) is 5.91 Å². The van der Waals surface area contributed by atoms with Crippen LogP contribution in [-0.4, -0.2) is 36.6 Å². The average molecular weight is 276 g/mol. The minimum Gasteiger partial charge on any atom is -0.367 e. The molecule has 0 aliphatic carbocycles. The number of carbonyl (C=O) groups is 1. The van der Waals surface area contributed by atoms with Crippen LogP contribution < -0.4 is 16.0 Å². The maximum absolute atomic E-state index is 12.3. The fraction of sp³-hybridized carbons (Fsp3) is 0.600. The molecule has 1 fully saturated rings. The SMILES string of the molecule is CC(C)Nc1ncccc1C(=O)NCC1CCCNC1. The Morgan fingerprint density at radius 1 is 1.55 bits per heavy atom. The van der Waals surface area contributed by atoms with Gasteiger partial charge in [0.1, 0.15) is 5.82 Å². The molecule has 5 heteroatoms. The van der Waals surface area contributed by atoms with Gasteiger partial charge in [-0.1, -0.05) is 0 Å². The van der Waals surface area contributed by atoms with Crippen LogP contribution in [0.1, 0.15) is 37.0 Å². The molecule has 1 amide bonds. The van der Waals surface area contributed by atoms with Crippen molar-refractivity contribution in [2.24, 2.45) is 5.92 Å². The lowest BCUT2D eigenvalue weighted by molar-refractivity contribution is 0.0945. The molecule has 5 nitrogen and oxygen atoms in total. The van der Waals surface area contributed by atoms with Crippen LogP contribution in [-0.2, 0) is 0 Å². The molecule has 2 heterocycles. The van der Waals surface area contributed by atoms with E-state index >= 15 is 0 Å². The van der Waals surface area contributed by atoms with Gasteiger partial charge >= 0.3 is 0 Å². The summed E-state index contributed by atoms with van der Waals surface area (Å²) in [5.41, 5.74) is 0.616. The average Bonchev–Trinajstić information content (AvgIpc) is 2.46. The first kappa shape index (κ1) is 14.8. The molecule has 1 aromatic heterocycles. The number of carbonyl (C=O) groups excluding carboxylic acids is 1. The van der Waals surface area contributed by atoms with E-state index in [1.165, 1.54) is 12.8 Å². The normalized spacial score (nSPS) is 18.9. The van der Waals surface area contributed by atoms with E-state index in [0.29, 0.717) is 17.3 Å². The molecular formula is C15H24N4O. The first-order valence-corrected chi connectivity index (χ1v) is 7.37. The van der Waals surface area contributed by atoms with Crippen molar-refractivity contribution < 1.29 is 4.79 Å². The molecule has 1 saturated heterocycles. The lowest BCUT2D eigenvalue weighted by atomic mass is 10.00. The van der Waals surface area contributed by atoms with E-state index in [-0.39, 0.29) is 11.9 Å².